The van der Waals surface area contributed by atoms with Gasteiger partial charge in [-0.3, -0.25) is 19.0 Å². The van der Waals surface area contributed by atoms with E-state index in [1.807, 2.05) is 55.5 Å². The average molecular weight is 534 g/mol. The van der Waals surface area contributed by atoms with Gasteiger partial charge in [0.1, 0.15) is 0 Å². The summed E-state index contributed by atoms with van der Waals surface area (Å²) in [6.45, 7) is 5.20. The van der Waals surface area contributed by atoms with Gasteiger partial charge >= 0.3 is 0 Å². The second-order valence-corrected chi connectivity index (χ2v) is 9.31. The lowest BCUT2D eigenvalue weighted by Crippen LogP contribution is -2.33. The van der Waals surface area contributed by atoms with E-state index in [2.05, 4.69) is 32.6 Å². The highest BCUT2D eigenvalue weighted by molar-refractivity contribution is 5.98. The van der Waals surface area contributed by atoms with E-state index in [-0.39, 0.29) is 29.5 Å². The number of rotatable bonds is 5. The summed E-state index contributed by atoms with van der Waals surface area (Å²) in [6.07, 6.45) is 0. The first-order valence-electron chi connectivity index (χ1n) is 12.6. The minimum Gasteiger partial charge on any atom is -0.382 e. The standard InChI is InChI=1S/C30H27N7O3/c1-18-14-15-25-34-28(31)27(37(25)35-18)29(39)33-19(2)24-17-22-10-7-9-21(11-8-16-32-20(3)38)26(22)30(40)36(24)23-12-5-4-6-13-23/h4-7,9-10,12-15,17,19H,16,31H2,1-3H3,(H,32,38)(H,33,39)/t19-/m1/s1. The molecule has 5 aromatic rings. The number of nitrogens with one attached hydrogen (secondary N) is 2. The highest BCUT2D eigenvalue weighted by atomic mass is 16.2. The van der Waals surface area contributed by atoms with Crippen LogP contribution in [0.1, 0.15) is 47.3 Å². The van der Waals surface area contributed by atoms with Crippen molar-refractivity contribution in [1.82, 2.24) is 29.8 Å². The number of carbonyl (C=O) groups is 2. The van der Waals surface area contributed by atoms with Gasteiger partial charge in [0.05, 0.1) is 23.7 Å². The van der Waals surface area contributed by atoms with Gasteiger partial charge in [-0.1, -0.05) is 42.2 Å². The summed E-state index contributed by atoms with van der Waals surface area (Å²) in [5.41, 5.74) is 8.85. The number of anilines is 1. The van der Waals surface area contributed by atoms with E-state index in [9.17, 15) is 14.4 Å². The van der Waals surface area contributed by atoms with Gasteiger partial charge in [0, 0.05) is 23.9 Å². The van der Waals surface area contributed by atoms with E-state index in [4.69, 9.17) is 5.73 Å². The van der Waals surface area contributed by atoms with Gasteiger partial charge in [-0.15, -0.1) is 0 Å². The van der Waals surface area contributed by atoms with Crippen molar-refractivity contribution in [2.24, 2.45) is 0 Å². The molecule has 2 amide bonds. The molecule has 0 fully saturated rings. The van der Waals surface area contributed by atoms with Crippen molar-refractivity contribution in [2.45, 2.75) is 26.8 Å². The third-order valence-corrected chi connectivity index (χ3v) is 6.38. The monoisotopic (exact) mass is 533 g/mol. The highest BCUT2D eigenvalue weighted by Gasteiger charge is 2.23. The van der Waals surface area contributed by atoms with Crippen LogP contribution in [0.3, 0.4) is 0 Å². The number of hydrogen-bond donors (Lipinski definition) is 3. The smallest absolute Gasteiger partial charge is 0.274 e. The fraction of sp³-hybridized carbons (Fsp3) is 0.167. The van der Waals surface area contributed by atoms with Crippen LogP contribution in [0.15, 0.2) is 71.5 Å². The first-order valence-corrected chi connectivity index (χ1v) is 12.6. The van der Waals surface area contributed by atoms with E-state index in [0.29, 0.717) is 39.1 Å². The normalized spacial score (nSPS) is 11.6. The molecule has 2 aromatic carbocycles. The lowest BCUT2D eigenvalue weighted by Gasteiger charge is -2.21. The van der Waals surface area contributed by atoms with E-state index < -0.39 is 11.9 Å². The largest absolute Gasteiger partial charge is 0.382 e. The number of aryl methyl sites for hydroxylation is 1. The van der Waals surface area contributed by atoms with E-state index >= 15 is 0 Å². The number of nitrogen functional groups attached to an aromatic ring is 1. The number of nitrogens with two attached hydrogens (primary N) is 1. The minimum atomic E-state index is -0.603. The third-order valence-electron chi connectivity index (χ3n) is 6.38. The zero-order valence-corrected chi connectivity index (χ0v) is 22.2. The van der Waals surface area contributed by atoms with Crippen molar-refractivity contribution < 1.29 is 9.59 Å². The second-order valence-electron chi connectivity index (χ2n) is 9.31. The number of benzene rings is 2. The molecule has 0 bridgehead atoms. The Hall–Kier alpha value is -5.43. The van der Waals surface area contributed by atoms with Crippen LogP contribution in [-0.2, 0) is 4.79 Å². The predicted molar refractivity (Wildman–Crippen MR) is 153 cm³/mol. The first-order chi connectivity index (χ1) is 19.2. The number of para-hydroxylation sites is 1. The number of nitrogens with zero attached hydrogens (tertiary/aromatic N) is 4. The maximum absolute atomic E-state index is 14.1. The average Bonchev–Trinajstić information content (AvgIpc) is 3.26. The van der Waals surface area contributed by atoms with Gasteiger partial charge < -0.3 is 16.4 Å². The molecule has 0 aliphatic carbocycles. The summed E-state index contributed by atoms with van der Waals surface area (Å²) in [7, 11) is 0. The number of carbonyl (C=O) groups excluding carboxylic acids is 2. The predicted octanol–water partition coefficient (Wildman–Crippen LogP) is 2.90. The van der Waals surface area contributed by atoms with Crippen molar-refractivity contribution in [3.05, 3.63) is 99.7 Å². The lowest BCUT2D eigenvalue weighted by atomic mass is 10.0. The molecule has 10 nitrogen and oxygen atoms in total. The van der Waals surface area contributed by atoms with Crippen LogP contribution < -0.4 is 21.9 Å². The number of fused-ring (bicyclic) bond motifs is 2. The van der Waals surface area contributed by atoms with Gasteiger partial charge in [-0.2, -0.15) is 5.10 Å². The first kappa shape index (κ1) is 26.2. The molecule has 10 heteroatoms. The summed E-state index contributed by atoms with van der Waals surface area (Å²) in [4.78, 5) is 43.0. The summed E-state index contributed by atoms with van der Waals surface area (Å²) < 4.78 is 3.00. The zero-order chi connectivity index (χ0) is 28.4. The minimum absolute atomic E-state index is 0.0595. The third kappa shape index (κ3) is 5.00. The van der Waals surface area contributed by atoms with Crippen molar-refractivity contribution in [3.63, 3.8) is 0 Å². The highest BCUT2D eigenvalue weighted by Crippen LogP contribution is 2.24. The Morgan fingerprint density at radius 3 is 2.60 bits per heavy atom. The maximum atomic E-state index is 14.1. The molecule has 3 aromatic heterocycles. The summed E-state index contributed by atoms with van der Waals surface area (Å²) >= 11 is 0. The summed E-state index contributed by atoms with van der Waals surface area (Å²) in [5, 5.41) is 11.1. The number of amides is 2. The van der Waals surface area contributed by atoms with Gasteiger partial charge in [0.25, 0.3) is 11.5 Å². The maximum Gasteiger partial charge on any atom is 0.274 e. The number of imidazole rings is 1. The van der Waals surface area contributed by atoms with Gasteiger partial charge in [0.15, 0.2) is 17.2 Å². The molecule has 0 saturated heterocycles. The Balaban J connectivity index is 1.61. The molecule has 3 heterocycles. The van der Waals surface area contributed by atoms with E-state index in [1.54, 1.807) is 29.7 Å². The van der Waals surface area contributed by atoms with E-state index in [0.717, 1.165) is 0 Å². The molecule has 0 aliphatic rings. The van der Waals surface area contributed by atoms with Crippen LogP contribution in [0.5, 0.6) is 0 Å². The molecule has 0 aliphatic heterocycles. The van der Waals surface area contributed by atoms with Gasteiger partial charge in [0.2, 0.25) is 5.91 Å². The van der Waals surface area contributed by atoms with Crippen LogP contribution >= 0.6 is 0 Å². The summed E-state index contributed by atoms with van der Waals surface area (Å²) in [6, 6.07) is 19.4. The van der Waals surface area contributed by atoms with Crippen molar-refractivity contribution in [2.75, 3.05) is 12.3 Å². The van der Waals surface area contributed by atoms with Gasteiger partial charge in [-0.05, 0) is 55.6 Å². The fourth-order valence-electron chi connectivity index (χ4n) is 4.55. The molecule has 4 N–H and O–H groups in total. The Labute approximate surface area is 229 Å². The van der Waals surface area contributed by atoms with Crippen molar-refractivity contribution in [3.8, 4) is 17.5 Å². The molecule has 200 valence electrons. The van der Waals surface area contributed by atoms with Crippen LogP contribution in [0.25, 0.3) is 22.1 Å². The van der Waals surface area contributed by atoms with Crippen LogP contribution in [0, 0.1) is 18.8 Å². The van der Waals surface area contributed by atoms with E-state index in [1.165, 1.54) is 11.4 Å². The number of aromatic nitrogens is 4. The molecule has 0 unspecified atom stereocenters. The van der Waals surface area contributed by atoms with Crippen LogP contribution in [0.4, 0.5) is 5.82 Å². The molecule has 1 atom stereocenters. The Kier molecular flexibility index (Phi) is 7.03. The number of pyridine rings is 1. The number of hydrogen-bond acceptors (Lipinski definition) is 6. The Morgan fingerprint density at radius 2 is 1.85 bits per heavy atom. The molecular weight excluding hydrogens is 506 g/mol. The lowest BCUT2D eigenvalue weighted by molar-refractivity contribution is -0.118. The zero-order valence-electron chi connectivity index (χ0n) is 22.2. The van der Waals surface area contributed by atoms with Crippen LogP contribution in [-0.4, -0.2) is 37.5 Å². The van der Waals surface area contributed by atoms with Crippen molar-refractivity contribution in [1.29, 1.82) is 0 Å². The molecular formula is C30H27N7O3. The Bertz CT molecular complexity index is 1900. The molecule has 40 heavy (non-hydrogen) atoms. The van der Waals surface area contributed by atoms with Crippen molar-refractivity contribution >= 4 is 34.1 Å². The SMILES string of the molecule is CC(=O)NCC#Cc1cccc2cc([C@@H](C)NC(=O)c3c(N)nc4ccc(C)nn34)n(-c3ccccc3)c(=O)c12. The summed E-state index contributed by atoms with van der Waals surface area (Å²) in [5.74, 6) is 5.32. The molecule has 5 rings (SSSR count). The second kappa shape index (κ2) is 10.7. The molecule has 0 saturated carbocycles. The Morgan fingerprint density at radius 1 is 1.07 bits per heavy atom. The molecule has 0 radical (unpaired) electrons. The molecule has 0 spiro atoms. The van der Waals surface area contributed by atoms with Crippen LogP contribution in [0.2, 0.25) is 0 Å². The van der Waals surface area contributed by atoms with Gasteiger partial charge in [-0.25, -0.2) is 9.50 Å². The fourth-order valence-corrected chi connectivity index (χ4v) is 4.55. The topological polar surface area (TPSA) is 136 Å². The quantitative estimate of drug-likeness (QED) is 0.297.